The van der Waals surface area contributed by atoms with E-state index in [0.29, 0.717) is 21.9 Å². The first-order valence-corrected chi connectivity index (χ1v) is 11.9. The molecule has 0 aliphatic rings. The summed E-state index contributed by atoms with van der Waals surface area (Å²) in [5.41, 5.74) is 3.21. The highest BCUT2D eigenvalue weighted by atomic mass is 32.2. The molecule has 0 aliphatic heterocycles. The molecule has 0 unspecified atom stereocenters. The summed E-state index contributed by atoms with van der Waals surface area (Å²) in [5, 5.41) is 6.78. The van der Waals surface area contributed by atoms with E-state index in [0.717, 1.165) is 11.1 Å². The van der Waals surface area contributed by atoms with Crippen LogP contribution in [0.2, 0.25) is 0 Å². The average Bonchev–Trinajstić information content (AvgIpc) is 3.13. The van der Waals surface area contributed by atoms with Gasteiger partial charge >= 0.3 is 0 Å². The van der Waals surface area contributed by atoms with Gasteiger partial charge in [0.2, 0.25) is 15.9 Å². The largest absolute Gasteiger partial charge is 0.481 e. The predicted molar refractivity (Wildman–Crippen MR) is 134 cm³/mol. The van der Waals surface area contributed by atoms with E-state index in [9.17, 15) is 13.2 Å². The van der Waals surface area contributed by atoms with Crippen molar-refractivity contribution in [3.8, 4) is 11.6 Å². The fourth-order valence-electron chi connectivity index (χ4n) is 3.26. The molecule has 0 fully saturated rings. The Hall–Kier alpha value is -4.38. The zero-order valence-corrected chi connectivity index (χ0v) is 20.1. The monoisotopic (exact) mass is 491 g/mol. The molecule has 0 saturated carbocycles. The third-order valence-electron chi connectivity index (χ3n) is 5.34. The van der Waals surface area contributed by atoms with Crippen LogP contribution in [-0.4, -0.2) is 35.3 Å². The molecule has 0 radical (unpaired) electrons. The van der Waals surface area contributed by atoms with Crippen molar-refractivity contribution in [2.45, 2.75) is 18.7 Å². The molecule has 2 aromatic heterocycles. The van der Waals surface area contributed by atoms with Gasteiger partial charge in [-0.25, -0.2) is 18.1 Å². The van der Waals surface area contributed by atoms with Crippen LogP contribution in [0.4, 0.5) is 11.5 Å². The van der Waals surface area contributed by atoms with Crippen LogP contribution in [0.15, 0.2) is 64.5 Å². The Morgan fingerprint density at radius 2 is 1.80 bits per heavy atom. The van der Waals surface area contributed by atoms with Crippen molar-refractivity contribution >= 4 is 34.3 Å². The Balaban J connectivity index is 1.56. The van der Waals surface area contributed by atoms with Crippen molar-refractivity contribution in [2.75, 3.05) is 12.4 Å². The van der Waals surface area contributed by atoms with Gasteiger partial charge in [0, 0.05) is 23.9 Å². The molecule has 2 aromatic carbocycles. The van der Waals surface area contributed by atoms with Gasteiger partial charge in [-0.15, -0.1) is 0 Å². The molecule has 2 N–H and O–H groups in total. The maximum Gasteiger partial charge on any atom is 0.280 e. The number of ether oxygens (including phenoxy) is 1. The van der Waals surface area contributed by atoms with E-state index < -0.39 is 10.0 Å². The highest BCUT2D eigenvalue weighted by molar-refractivity contribution is 7.94. The second-order valence-corrected chi connectivity index (χ2v) is 9.29. The van der Waals surface area contributed by atoms with Gasteiger partial charge in [-0.3, -0.25) is 9.89 Å². The molecule has 11 heteroatoms. The first-order chi connectivity index (χ1) is 16.7. The second kappa shape index (κ2) is 9.47. The number of benzene rings is 2. The van der Waals surface area contributed by atoms with Gasteiger partial charge in [0.15, 0.2) is 0 Å². The van der Waals surface area contributed by atoms with Crippen molar-refractivity contribution in [1.82, 2.24) is 19.7 Å². The smallest absolute Gasteiger partial charge is 0.280 e. The molecule has 0 spiro atoms. The number of aromatic amines is 1. The van der Waals surface area contributed by atoms with E-state index in [1.54, 1.807) is 12.1 Å². The minimum Gasteiger partial charge on any atom is -0.481 e. The fraction of sp³-hybridized carbons (Fsp3) is 0.125. The average molecular weight is 492 g/mol. The number of sulfonamides is 1. The standard InChI is InChI=1S/C24H24N6O4S/c1-15-5-8-19(13-16(15)2)30-24(31)21(17(3)28-30)14-27-18-6-9-20(10-7-18)35(32,33)29-22-23(34-4)26-12-11-25-22/h5-14,28H,3H2,1-2,4H3,(H2,25,27,29,31)/p-1. The minimum atomic E-state index is -4.04. The second-order valence-electron chi connectivity index (χ2n) is 7.68. The summed E-state index contributed by atoms with van der Waals surface area (Å²) in [4.78, 5) is 20.7. The molecule has 4 aromatic rings. The number of H-pyrrole nitrogens is 1. The van der Waals surface area contributed by atoms with Crippen molar-refractivity contribution < 1.29 is 13.2 Å². The number of aryl methyl sites for hydroxylation is 2. The topological polar surface area (TPSA) is 133 Å². The molecule has 2 heterocycles. The van der Waals surface area contributed by atoms with E-state index in [-0.39, 0.29) is 22.2 Å². The molecule has 4 rings (SSSR count). The number of anilines is 1. The van der Waals surface area contributed by atoms with E-state index in [2.05, 4.69) is 31.7 Å². The third kappa shape index (κ3) is 4.94. The van der Waals surface area contributed by atoms with Crippen LogP contribution in [0.25, 0.3) is 23.2 Å². The number of methoxy groups -OCH3 is 1. The number of aromatic nitrogens is 4. The number of hydrogen-bond donors (Lipinski definition) is 2. The summed E-state index contributed by atoms with van der Waals surface area (Å²) in [5.74, 6) is -0.132. The molecule has 180 valence electrons. The van der Waals surface area contributed by atoms with Gasteiger partial charge in [-0.05, 0) is 61.4 Å². The number of nitrogens with zero attached hydrogens (tertiary/aromatic N) is 4. The van der Waals surface area contributed by atoms with E-state index in [1.807, 2.05) is 32.0 Å². The molecule has 0 atom stereocenters. The molecule has 10 nitrogen and oxygen atoms in total. The van der Waals surface area contributed by atoms with Crippen molar-refractivity contribution in [1.29, 1.82) is 0 Å². The molecule has 0 bridgehead atoms. The normalized spacial score (nSPS) is 11.9. The summed E-state index contributed by atoms with van der Waals surface area (Å²) in [6.45, 7) is 7.90. The summed E-state index contributed by atoms with van der Waals surface area (Å²) in [7, 11) is -2.69. The maximum absolute atomic E-state index is 12.9. The van der Waals surface area contributed by atoms with Gasteiger partial charge < -0.3 is 19.8 Å². The van der Waals surface area contributed by atoms with Crippen LogP contribution in [0.3, 0.4) is 0 Å². The van der Waals surface area contributed by atoms with Crippen LogP contribution in [0.1, 0.15) is 11.1 Å². The van der Waals surface area contributed by atoms with E-state index in [1.165, 1.54) is 42.5 Å². The Labute approximate surface area is 201 Å². The van der Waals surface area contributed by atoms with E-state index >= 15 is 0 Å². The van der Waals surface area contributed by atoms with Crippen molar-refractivity contribution in [2.24, 2.45) is 0 Å². The lowest BCUT2D eigenvalue weighted by Crippen LogP contribution is -2.34. The fourth-order valence-corrected chi connectivity index (χ4v) is 4.20. The molecule has 0 saturated heterocycles. The Morgan fingerprint density at radius 1 is 1.09 bits per heavy atom. The highest BCUT2D eigenvalue weighted by Crippen LogP contribution is 2.32. The first kappa shape index (κ1) is 23.8. The third-order valence-corrected chi connectivity index (χ3v) is 6.62. The molecule has 0 aliphatic carbocycles. The maximum atomic E-state index is 12.9. The lowest BCUT2D eigenvalue weighted by molar-refractivity contribution is 0.399. The number of hydrogen-bond acceptors (Lipinski definition) is 7. The summed E-state index contributed by atoms with van der Waals surface area (Å²) >= 11 is 0. The minimum absolute atomic E-state index is 0.00546. The molecule has 35 heavy (non-hydrogen) atoms. The van der Waals surface area contributed by atoms with Crippen LogP contribution >= 0.6 is 0 Å². The zero-order chi connectivity index (χ0) is 25.2. The zero-order valence-electron chi connectivity index (χ0n) is 19.3. The Bertz CT molecular complexity index is 1660. The Kier molecular flexibility index (Phi) is 6.43. The lowest BCUT2D eigenvalue weighted by atomic mass is 10.1. The van der Waals surface area contributed by atoms with Crippen LogP contribution < -0.4 is 26.2 Å². The summed E-state index contributed by atoms with van der Waals surface area (Å²) < 4.78 is 35.5. The summed E-state index contributed by atoms with van der Waals surface area (Å²) in [6, 6.07) is 11.6. The van der Waals surface area contributed by atoms with E-state index in [4.69, 9.17) is 4.74 Å². The quantitative estimate of drug-likeness (QED) is 0.405. The molecular weight excluding hydrogens is 468 g/mol. The lowest BCUT2D eigenvalue weighted by Gasteiger charge is -2.17. The number of rotatable bonds is 7. The van der Waals surface area contributed by atoms with Crippen LogP contribution in [-0.2, 0) is 10.0 Å². The summed E-state index contributed by atoms with van der Waals surface area (Å²) in [6.07, 6.45) is 4.22. The number of nitrogens with one attached hydrogen (secondary N) is 2. The van der Waals surface area contributed by atoms with Crippen molar-refractivity contribution in [3.63, 3.8) is 0 Å². The predicted octanol–water partition coefficient (Wildman–Crippen LogP) is 2.24. The van der Waals surface area contributed by atoms with Gasteiger partial charge in [0.1, 0.15) is 0 Å². The van der Waals surface area contributed by atoms with Gasteiger partial charge in [-0.2, -0.15) is 0 Å². The van der Waals surface area contributed by atoms with Crippen LogP contribution in [0.5, 0.6) is 5.88 Å². The first-order valence-electron chi connectivity index (χ1n) is 10.5. The van der Waals surface area contributed by atoms with Gasteiger partial charge in [-0.1, -0.05) is 18.8 Å². The SMILES string of the molecule is C=c1[nH]n(-c2ccc(C)c(C)c2)c(=O)c1=CNc1ccc(S(=O)(=O)[N-]c2nccnc2OC)cc1. The van der Waals surface area contributed by atoms with Gasteiger partial charge in [0.05, 0.1) is 28.3 Å². The highest BCUT2D eigenvalue weighted by Gasteiger charge is 2.12. The molecule has 0 amide bonds. The van der Waals surface area contributed by atoms with Crippen molar-refractivity contribution in [3.05, 3.63) is 91.6 Å². The van der Waals surface area contributed by atoms with Crippen LogP contribution in [0, 0.1) is 13.8 Å². The van der Waals surface area contributed by atoms with Gasteiger partial charge in [0.25, 0.3) is 5.56 Å². The molecular formula is C24H23N6O4S-. The Morgan fingerprint density at radius 3 is 2.49 bits per heavy atom.